The van der Waals surface area contributed by atoms with E-state index in [2.05, 4.69) is 44.6 Å². The number of guanidine groups is 1. The lowest BCUT2D eigenvalue weighted by Crippen LogP contribution is -2.55. The van der Waals surface area contributed by atoms with E-state index < -0.39 is 0 Å². The molecule has 160 valence electrons. The second-order valence-corrected chi connectivity index (χ2v) is 8.36. The number of piperazine rings is 1. The molecule has 1 saturated carbocycles. The third-order valence-corrected chi connectivity index (χ3v) is 6.72. The Hall–Kier alpha value is -2.10. The van der Waals surface area contributed by atoms with Crippen LogP contribution in [0.15, 0.2) is 41.7 Å². The highest BCUT2D eigenvalue weighted by Gasteiger charge is 2.52. The summed E-state index contributed by atoms with van der Waals surface area (Å²) in [5.74, 6) is 3.07. The van der Waals surface area contributed by atoms with Gasteiger partial charge < -0.3 is 15.1 Å². The Morgan fingerprint density at radius 2 is 2.13 bits per heavy atom. The zero-order valence-corrected chi connectivity index (χ0v) is 19.8. The molecule has 1 aromatic heterocycles. The van der Waals surface area contributed by atoms with Crippen LogP contribution in [0.4, 0.5) is 5.69 Å². The van der Waals surface area contributed by atoms with Gasteiger partial charge in [-0.05, 0) is 41.7 Å². The summed E-state index contributed by atoms with van der Waals surface area (Å²) in [6, 6.07) is 8.90. The highest BCUT2D eigenvalue weighted by molar-refractivity contribution is 14.0. The molecule has 3 unspecified atom stereocenters. The third-order valence-electron chi connectivity index (χ3n) is 6.72. The van der Waals surface area contributed by atoms with E-state index in [9.17, 15) is 4.79 Å². The second kappa shape index (κ2) is 8.56. The maximum Gasteiger partial charge on any atom is 0.246 e. The van der Waals surface area contributed by atoms with E-state index >= 15 is 0 Å². The van der Waals surface area contributed by atoms with Crippen molar-refractivity contribution < 1.29 is 4.79 Å². The number of carbonyl (C=O) groups is 1. The van der Waals surface area contributed by atoms with E-state index in [4.69, 9.17) is 0 Å². The molecule has 0 radical (unpaired) electrons. The fourth-order valence-electron chi connectivity index (χ4n) is 5.20. The van der Waals surface area contributed by atoms with Crippen molar-refractivity contribution in [3.05, 3.63) is 47.8 Å². The van der Waals surface area contributed by atoms with Gasteiger partial charge in [0.2, 0.25) is 5.91 Å². The van der Waals surface area contributed by atoms with Crippen LogP contribution in [0.3, 0.4) is 0 Å². The number of rotatable bonds is 3. The molecule has 2 aliphatic carbocycles. The molecular formula is C22H29IN6O. The van der Waals surface area contributed by atoms with Crippen molar-refractivity contribution in [3.63, 3.8) is 0 Å². The van der Waals surface area contributed by atoms with Crippen molar-refractivity contribution in [1.82, 2.24) is 20.0 Å². The summed E-state index contributed by atoms with van der Waals surface area (Å²) in [4.78, 5) is 21.0. The molecule has 1 aliphatic heterocycles. The van der Waals surface area contributed by atoms with Crippen LogP contribution >= 0.6 is 24.0 Å². The summed E-state index contributed by atoms with van der Waals surface area (Å²) in [6.07, 6.45) is 6.11. The number of amides is 1. The molecule has 2 aromatic rings. The van der Waals surface area contributed by atoms with Crippen molar-refractivity contribution in [2.24, 2.45) is 23.9 Å². The summed E-state index contributed by atoms with van der Waals surface area (Å²) in [5, 5.41) is 7.73. The predicted octanol–water partition coefficient (Wildman–Crippen LogP) is 2.24. The average Bonchev–Trinajstić information content (AvgIpc) is 3.29. The number of fused-ring (bicyclic) bond motifs is 3. The fraction of sp³-hybridized carbons (Fsp3) is 0.500. The summed E-state index contributed by atoms with van der Waals surface area (Å²) < 4.78 is 1.72. The number of aliphatic imine (C=N–C) groups is 1. The first-order chi connectivity index (χ1) is 14.2. The minimum Gasteiger partial charge on any atom is -0.356 e. The van der Waals surface area contributed by atoms with Crippen LogP contribution in [0.1, 0.15) is 23.5 Å². The van der Waals surface area contributed by atoms with Crippen LogP contribution in [0.2, 0.25) is 0 Å². The van der Waals surface area contributed by atoms with Crippen molar-refractivity contribution in [1.29, 1.82) is 0 Å². The number of halogens is 1. The van der Waals surface area contributed by atoms with Gasteiger partial charge in [-0.15, -0.1) is 24.0 Å². The van der Waals surface area contributed by atoms with E-state index in [1.807, 2.05) is 18.1 Å². The lowest BCUT2D eigenvalue weighted by Gasteiger charge is -2.35. The predicted molar refractivity (Wildman–Crippen MR) is 128 cm³/mol. The fourth-order valence-corrected chi connectivity index (χ4v) is 5.20. The highest BCUT2D eigenvalue weighted by atomic mass is 127. The Kier molecular flexibility index (Phi) is 6.04. The van der Waals surface area contributed by atoms with Gasteiger partial charge in [-0.25, -0.2) is 0 Å². The van der Waals surface area contributed by atoms with Crippen LogP contribution in [0, 0.1) is 11.8 Å². The Labute approximate surface area is 194 Å². The quantitative estimate of drug-likeness (QED) is 0.383. The van der Waals surface area contributed by atoms with Crippen molar-refractivity contribution >= 4 is 41.5 Å². The van der Waals surface area contributed by atoms with E-state index in [0.29, 0.717) is 24.9 Å². The number of anilines is 1. The molecule has 8 heteroatoms. The molecular weight excluding hydrogens is 491 g/mol. The average molecular weight is 520 g/mol. The molecule has 3 atom stereocenters. The van der Waals surface area contributed by atoms with Gasteiger partial charge >= 0.3 is 0 Å². The summed E-state index contributed by atoms with van der Waals surface area (Å²) >= 11 is 0. The molecule has 2 fully saturated rings. The van der Waals surface area contributed by atoms with Crippen molar-refractivity contribution in [3.8, 4) is 0 Å². The Bertz CT molecular complexity index is 957. The lowest BCUT2D eigenvalue weighted by atomic mass is 9.92. The van der Waals surface area contributed by atoms with Gasteiger partial charge in [0.25, 0.3) is 0 Å². The van der Waals surface area contributed by atoms with Crippen LogP contribution in [0.25, 0.3) is 0 Å². The van der Waals surface area contributed by atoms with Gasteiger partial charge in [0.15, 0.2) is 5.96 Å². The minimum absolute atomic E-state index is 0. The zero-order chi connectivity index (χ0) is 20.0. The van der Waals surface area contributed by atoms with E-state index in [1.54, 1.807) is 23.5 Å². The molecule has 1 amide bonds. The van der Waals surface area contributed by atoms with Gasteiger partial charge in [-0.3, -0.25) is 14.5 Å². The first-order valence-electron chi connectivity index (χ1n) is 10.5. The number of benzene rings is 1. The number of carbonyl (C=O) groups excluding carboxylic acids is 1. The smallest absolute Gasteiger partial charge is 0.246 e. The van der Waals surface area contributed by atoms with Gasteiger partial charge in [-0.1, -0.05) is 24.3 Å². The lowest BCUT2D eigenvalue weighted by molar-refractivity contribution is -0.120. The van der Waals surface area contributed by atoms with Crippen LogP contribution in [-0.4, -0.2) is 59.8 Å². The topological polar surface area (TPSA) is 65.8 Å². The van der Waals surface area contributed by atoms with Gasteiger partial charge in [0.05, 0.1) is 11.9 Å². The molecule has 0 bridgehead atoms. The summed E-state index contributed by atoms with van der Waals surface area (Å²) in [5.41, 5.74) is 3.93. The number of hydrogen-bond acceptors (Lipinski definition) is 3. The monoisotopic (exact) mass is 520 g/mol. The third kappa shape index (κ3) is 3.81. The molecule has 1 N–H and O–H groups in total. The van der Waals surface area contributed by atoms with Crippen LogP contribution in [0.5, 0.6) is 0 Å². The summed E-state index contributed by atoms with van der Waals surface area (Å²) in [6.45, 7) is 2.68. The maximum absolute atomic E-state index is 12.7. The van der Waals surface area contributed by atoms with Crippen LogP contribution in [-0.2, 0) is 18.3 Å². The first kappa shape index (κ1) is 21.1. The first-order valence-corrected chi connectivity index (χ1v) is 10.5. The SMILES string of the molecule is CN=C(NCC1C2CCc3ccccc3C21)N1CCN(c2cnn(C)c2)C(=O)C1.I. The van der Waals surface area contributed by atoms with Gasteiger partial charge in [0, 0.05) is 39.9 Å². The van der Waals surface area contributed by atoms with E-state index in [1.165, 1.54) is 18.4 Å². The van der Waals surface area contributed by atoms with Crippen molar-refractivity contribution in [2.75, 3.05) is 38.1 Å². The molecule has 1 saturated heterocycles. The number of nitrogens with one attached hydrogen (secondary N) is 1. The standard InChI is InChI=1S/C22H28N6O.HI/c1-23-22(27-9-10-28(20(29)14-27)16-11-25-26(2)13-16)24-12-19-18-8-7-15-5-3-4-6-17(15)21(18)19;/h3-6,11,13,18-19,21H,7-10,12,14H2,1-2H3,(H,23,24);1H. The van der Waals surface area contributed by atoms with E-state index in [-0.39, 0.29) is 29.9 Å². The minimum atomic E-state index is 0. The number of aryl methyl sites for hydroxylation is 2. The number of hydrogen-bond donors (Lipinski definition) is 1. The molecule has 2 heterocycles. The molecule has 0 spiro atoms. The zero-order valence-electron chi connectivity index (χ0n) is 17.5. The normalized spacial score (nSPS) is 25.3. The number of nitrogens with zero attached hydrogens (tertiary/aromatic N) is 5. The largest absolute Gasteiger partial charge is 0.356 e. The van der Waals surface area contributed by atoms with Crippen molar-refractivity contribution in [2.45, 2.75) is 18.8 Å². The highest BCUT2D eigenvalue weighted by Crippen LogP contribution is 2.59. The second-order valence-electron chi connectivity index (χ2n) is 8.36. The van der Waals surface area contributed by atoms with Crippen LogP contribution < -0.4 is 10.2 Å². The molecule has 3 aliphatic rings. The van der Waals surface area contributed by atoms with Gasteiger partial charge in [0.1, 0.15) is 6.54 Å². The van der Waals surface area contributed by atoms with E-state index in [0.717, 1.165) is 30.7 Å². The van der Waals surface area contributed by atoms with Gasteiger partial charge in [-0.2, -0.15) is 5.10 Å². The Morgan fingerprint density at radius 3 is 2.87 bits per heavy atom. The number of aromatic nitrogens is 2. The Balaban J connectivity index is 0.00000218. The molecule has 30 heavy (non-hydrogen) atoms. The maximum atomic E-state index is 12.7. The molecule has 5 rings (SSSR count). The summed E-state index contributed by atoms with van der Waals surface area (Å²) in [7, 11) is 3.67. The molecule has 7 nitrogen and oxygen atoms in total. The molecule has 1 aromatic carbocycles. The Morgan fingerprint density at radius 1 is 1.30 bits per heavy atom.